The zero-order valence-corrected chi connectivity index (χ0v) is 14.5. The van der Waals surface area contributed by atoms with Gasteiger partial charge in [0, 0.05) is 0 Å². The van der Waals surface area contributed by atoms with Gasteiger partial charge in [-0.1, -0.05) is 66.7 Å². The molecule has 3 nitrogen and oxygen atoms in total. The van der Waals surface area contributed by atoms with Gasteiger partial charge < -0.3 is 4.55 Å². The van der Waals surface area contributed by atoms with E-state index in [4.69, 9.17) is 0 Å². The molecule has 21 heavy (non-hydrogen) atoms. The van der Waals surface area contributed by atoms with Crippen LogP contribution in [0, 0.1) is 0 Å². The van der Waals surface area contributed by atoms with Crippen molar-refractivity contribution < 1.29 is 42.5 Å². The summed E-state index contributed by atoms with van der Waals surface area (Å²) in [5.74, 6) is 0. The van der Waals surface area contributed by atoms with E-state index >= 15 is 0 Å². The van der Waals surface area contributed by atoms with E-state index in [1.807, 2.05) is 36.4 Å². The molecule has 0 aliphatic carbocycles. The third-order valence-electron chi connectivity index (χ3n) is 2.64. The molecule has 2 aromatic carbocycles. The normalized spacial score (nSPS) is 12.1. The van der Waals surface area contributed by atoms with Crippen molar-refractivity contribution in [2.24, 2.45) is 0 Å². The summed E-state index contributed by atoms with van der Waals surface area (Å²) in [5, 5.41) is 0. The van der Waals surface area contributed by atoms with Gasteiger partial charge in [0.2, 0.25) is 0 Å². The van der Waals surface area contributed by atoms with Gasteiger partial charge >= 0.3 is 29.6 Å². The van der Waals surface area contributed by atoms with Gasteiger partial charge in [-0.3, -0.25) is 0 Å². The Bertz CT molecular complexity index is 721. The van der Waals surface area contributed by atoms with Crippen molar-refractivity contribution in [3.63, 3.8) is 0 Å². The van der Waals surface area contributed by atoms with Crippen LogP contribution in [0.4, 0.5) is 0 Å². The Labute approximate surface area is 147 Å². The molecule has 5 heteroatoms. The van der Waals surface area contributed by atoms with Gasteiger partial charge in [0.15, 0.2) is 0 Å². The SMILES string of the molecule is O=S(=O)([O-])C(C=Cc1ccccc1)=Cc1ccccc1.[Na+]. The zero-order chi connectivity index (χ0) is 14.4. The molecule has 0 aliphatic heterocycles. The Kier molecular flexibility index (Phi) is 7.08. The number of rotatable bonds is 4. The molecule has 0 aromatic heterocycles. The summed E-state index contributed by atoms with van der Waals surface area (Å²) in [4.78, 5) is -0.257. The number of allylic oxidation sites excluding steroid dienone is 1. The van der Waals surface area contributed by atoms with Gasteiger partial charge in [0.1, 0.15) is 10.1 Å². The Balaban J connectivity index is 0.00000220. The van der Waals surface area contributed by atoms with Gasteiger partial charge in [-0.25, -0.2) is 8.42 Å². The molecule has 0 unspecified atom stereocenters. The fourth-order valence-corrected chi connectivity index (χ4v) is 2.17. The van der Waals surface area contributed by atoms with Crippen LogP contribution >= 0.6 is 0 Å². The minimum absolute atomic E-state index is 0. The van der Waals surface area contributed by atoms with E-state index in [1.165, 1.54) is 12.2 Å². The van der Waals surface area contributed by atoms with Gasteiger partial charge in [0.05, 0.1) is 4.91 Å². The van der Waals surface area contributed by atoms with E-state index in [-0.39, 0.29) is 34.5 Å². The molecule has 102 valence electrons. The molecule has 0 aliphatic rings. The van der Waals surface area contributed by atoms with Crippen molar-refractivity contribution in [1.29, 1.82) is 0 Å². The van der Waals surface area contributed by atoms with Crippen LogP contribution in [0.1, 0.15) is 11.1 Å². The summed E-state index contributed by atoms with van der Waals surface area (Å²) < 4.78 is 33.8. The molecule has 0 radical (unpaired) electrons. The molecular formula is C16H13NaO3S. The first kappa shape index (κ1) is 17.9. The molecule has 0 amide bonds. The van der Waals surface area contributed by atoms with Crippen molar-refractivity contribution in [3.05, 3.63) is 82.8 Å². The predicted octanol–water partition coefficient (Wildman–Crippen LogP) is 0.290. The number of benzene rings is 2. The van der Waals surface area contributed by atoms with Crippen LogP contribution in [0.3, 0.4) is 0 Å². The van der Waals surface area contributed by atoms with Crippen LogP contribution in [0.5, 0.6) is 0 Å². The summed E-state index contributed by atoms with van der Waals surface area (Å²) in [5.41, 5.74) is 1.50. The standard InChI is InChI=1S/C16H14O3S.Na/c17-20(18,19)16(13-15-9-5-2-6-10-15)12-11-14-7-3-1-4-8-14;/h1-13H,(H,17,18,19);/q;+1/p-1. The average molecular weight is 308 g/mol. The topological polar surface area (TPSA) is 57.2 Å². The van der Waals surface area contributed by atoms with Crippen LogP contribution in [0.15, 0.2) is 71.6 Å². The van der Waals surface area contributed by atoms with Gasteiger partial charge in [-0.05, 0) is 23.3 Å². The second-order valence-corrected chi connectivity index (χ2v) is 5.54. The molecule has 0 N–H and O–H groups in total. The largest absolute Gasteiger partial charge is 1.00 e. The Morgan fingerprint density at radius 3 is 1.81 bits per heavy atom. The summed E-state index contributed by atoms with van der Waals surface area (Å²) in [6.45, 7) is 0. The van der Waals surface area contributed by atoms with Gasteiger partial charge in [-0.2, -0.15) is 0 Å². The summed E-state index contributed by atoms with van der Waals surface area (Å²) in [6.07, 6.45) is 4.29. The fourth-order valence-electron chi connectivity index (χ4n) is 1.66. The molecule has 0 fully saturated rings. The van der Waals surface area contributed by atoms with Crippen LogP contribution in [0.25, 0.3) is 12.2 Å². The second-order valence-electron chi connectivity index (χ2n) is 4.16. The Morgan fingerprint density at radius 2 is 1.33 bits per heavy atom. The second kappa shape index (κ2) is 8.32. The maximum Gasteiger partial charge on any atom is 1.00 e. The number of hydrogen-bond acceptors (Lipinski definition) is 3. The van der Waals surface area contributed by atoms with E-state index in [0.717, 1.165) is 5.56 Å². The molecule has 0 spiro atoms. The van der Waals surface area contributed by atoms with E-state index in [2.05, 4.69) is 0 Å². The first-order valence-electron chi connectivity index (χ1n) is 6.01. The molecule has 2 rings (SSSR count). The molecular weight excluding hydrogens is 295 g/mol. The summed E-state index contributed by atoms with van der Waals surface area (Å²) in [6, 6.07) is 18.1. The first-order valence-corrected chi connectivity index (χ1v) is 7.42. The first-order chi connectivity index (χ1) is 9.55. The van der Waals surface area contributed by atoms with Crippen molar-refractivity contribution in [3.8, 4) is 0 Å². The summed E-state index contributed by atoms with van der Waals surface area (Å²) in [7, 11) is -4.51. The van der Waals surface area contributed by atoms with E-state index in [9.17, 15) is 13.0 Å². The Hall–Kier alpha value is -1.17. The molecule has 0 bridgehead atoms. The average Bonchev–Trinajstić information content (AvgIpc) is 2.44. The molecule has 2 aromatic rings. The molecule has 0 heterocycles. The maximum absolute atomic E-state index is 11.3. The third kappa shape index (κ3) is 5.99. The van der Waals surface area contributed by atoms with Crippen molar-refractivity contribution in [2.75, 3.05) is 0 Å². The van der Waals surface area contributed by atoms with Gasteiger partial charge in [0.25, 0.3) is 0 Å². The molecule has 0 atom stereocenters. The minimum atomic E-state index is -4.51. The maximum atomic E-state index is 11.3. The molecule has 0 saturated heterocycles. The van der Waals surface area contributed by atoms with Crippen molar-refractivity contribution in [1.82, 2.24) is 0 Å². The monoisotopic (exact) mass is 308 g/mol. The van der Waals surface area contributed by atoms with Crippen LogP contribution < -0.4 is 29.6 Å². The van der Waals surface area contributed by atoms with Crippen LogP contribution in [-0.2, 0) is 10.1 Å². The summed E-state index contributed by atoms with van der Waals surface area (Å²) >= 11 is 0. The third-order valence-corrected chi connectivity index (χ3v) is 3.47. The predicted molar refractivity (Wildman–Crippen MR) is 79.6 cm³/mol. The quantitative estimate of drug-likeness (QED) is 0.463. The van der Waals surface area contributed by atoms with E-state index in [0.29, 0.717) is 5.56 Å². The fraction of sp³-hybridized carbons (Fsp3) is 0. The van der Waals surface area contributed by atoms with Crippen molar-refractivity contribution in [2.45, 2.75) is 0 Å². The van der Waals surface area contributed by atoms with Crippen LogP contribution in [0.2, 0.25) is 0 Å². The molecule has 0 saturated carbocycles. The smallest absolute Gasteiger partial charge is 0.744 e. The van der Waals surface area contributed by atoms with E-state index < -0.39 is 10.1 Å². The number of hydrogen-bond donors (Lipinski definition) is 0. The Morgan fingerprint density at radius 1 is 0.857 bits per heavy atom. The minimum Gasteiger partial charge on any atom is -0.744 e. The van der Waals surface area contributed by atoms with Crippen LogP contribution in [-0.4, -0.2) is 13.0 Å². The van der Waals surface area contributed by atoms with Crippen molar-refractivity contribution >= 4 is 22.3 Å². The van der Waals surface area contributed by atoms with Gasteiger partial charge in [-0.15, -0.1) is 0 Å². The zero-order valence-electron chi connectivity index (χ0n) is 11.6. The van der Waals surface area contributed by atoms with E-state index in [1.54, 1.807) is 30.3 Å².